The third-order valence-corrected chi connectivity index (χ3v) is 6.08. The fourth-order valence-electron chi connectivity index (χ4n) is 4.54. The molecule has 0 aromatic heterocycles. The normalized spacial score (nSPS) is 19.0. The monoisotopic (exact) mass is 378 g/mol. The molecule has 2 fully saturated rings. The molecule has 0 unspecified atom stereocenters. The predicted molar refractivity (Wildman–Crippen MR) is 109 cm³/mol. The van der Waals surface area contributed by atoms with Crippen molar-refractivity contribution >= 4 is 17.5 Å². The number of nitrogens with zero attached hydrogens (tertiary/aromatic N) is 2. The number of carbonyl (C=O) groups is 2. The van der Waals surface area contributed by atoms with Crippen LogP contribution in [0.25, 0.3) is 0 Å². The number of amides is 2. The van der Waals surface area contributed by atoms with E-state index in [9.17, 15) is 9.59 Å². The number of carbonyl (C=O) groups excluding carboxylic acids is 2. The van der Waals surface area contributed by atoms with E-state index in [1.54, 1.807) is 16.9 Å². The number of hydrogen-bond acceptors (Lipinski definition) is 3. The predicted octanol–water partition coefficient (Wildman–Crippen LogP) is 3.38. The molecule has 0 atom stereocenters. The van der Waals surface area contributed by atoms with Crippen LogP contribution in [-0.4, -0.2) is 43.5 Å². The first-order valence-electron chi connectivity index (χ1n) is 9.93. The molecule has 1 saturated carbocycles. The van der Waals surface area contributed by atoms with Gasteiger partial charge in [-0.3, -0.25) is 9.59 Å². The molecule has 1 heterocycles. The number of methoxy groups -OCH3 is 1. The zero-order chi connectivity index (χ0) is 19.6. The van der Waals surface area contributed by atoms with Crippen LogP contribution in [-0.2, 0) is 15.0 Å². The van der Waals surface area contributed by atoms with Gasteiger partial charge in [-0.1, -0.05) is 43.2 Å². The van der Waals surface area contributed by atoms with Gasteiger partial charge in [-0.25, -0.2) is 0 Å². The second-order valence-electron chi connectivity index (χ2n) is 7.63. The number of anilines is 1. The number of piperazine rings is 1. The SMILES string of the molecule is COc1ccc(C2(C(=O)N3CCN(c4ccccc4)C(=O)C3)CCCC2)cc1. The van der Waals surface area contributed by atoms with Gasteiger partial charge >= 0.3 is 0 Å². The molecule has 2 aliphatic rings. The van der Waals surface area contributed by atoms with Crippen molar-refractivity contribution in [3.63, 3.8) is 0 Å². The lowest BCUT2D eigenvalue weighted by Gasteiger charge is -2.39. The Labute approximate surface area is 165 Å². The van der Waals surface area contributed by atoms with E-state index in [-0.39, 0.29) is 18.4 Å². The fourth-order valence-corrected chi connectivity index (χ4v) is 4.54. The minimum Gasteiger partial charge on any atom is -0.497 e. The summed E-state index contributed by atoms with van der Waals surface area (Å²) in [6.45, 7) is 1.25. The van der Waals surface area contributed by atoms with Crippen LogP contribution in [0.2, 0.25) is 0 Å². The zero-order valence-electron chi connectivity index (χ0n) is 16.3. The van der Waals surface area contributed by atoms with Gasteiger partial charge in [0.05, 0.1) is 12.5 Å². The third-order valence-electron chi connectivity index (χ3n) is 6.08. The summed E-state index contributed by atoms with van der Waals surface area (Å²) in [5, 5.41) is 0. The van der Waals surface area contributed by atoms with Gasteiger partial charge in [-0.2, -0.15) is 0 Å². The maximum atomic E-state index is 13.6. The van der Waals surface area contributed by atoms with E-state index in [1.807, 2.05) is 54.6 Å². The Morgan fingerprint density at radius 2 is 1.64 bits per heavy atom. The highest BCUT2D eigenvalue weighted by Gasteiger charge is 2.46. The second kappa shape index (κ2) is 7.66. The minimum absolute atomic E-state index is 0.0197. The van der Waals surface area contributed by atoms with Gasteiger partial charge in [-0.05, 0) is 42.7 Å². The van der Waals surface area contributed by atoms with E-state index in [0.29, 0.717) is 13.1 Å². The highest BCUT2D eigenvalue weighted by Crippen LogP contribution is 2.43. The first-order chi connectivity index (χ1) is 13.6. The van der Waals surface area contributed by atoms with Crippen molar-refractivity contribution in [3.8, 4) is 5.75 Å². The van der Waals surface area contributed by atoms with Gasteiger partial charge in [-0.15, -0.1) is 0 Å². The highest BCUT2D eigenvalue weighted by molar-refractivity contribution is 5.99. The first-order valence-corrected chi connectivity index (χ1v) is 9.93. The molecule has 4 rings (SSSR count). The second-order valence-corrected chi connectivity index (χ2v) is 7.63. The summed E-state index contributed by atoms with van der Waals surface area (Å²) in [6.07, 6.45) is 3.75. The van der Waals surface area contributed by atoms with Crippen molar-refractivity contribution in [1.82, 2.24) is 4.90 Å². The molecule has 0 radical (unpaired) electrons. The van der Waals surface area contributed by atoms with E-state index in [2.05, 4.69) is 0 Å². The van der Waals surface area contributed by atoms with E-state index in [1.165, 1.54) is 0 Å². The maximum Gasteiger partial charge on any atom is 0.246 e. The highest BCUT2D eigenvalue weighted by atomic mass is 16.5. The molecule has 28 heavy (non-hydrogen) atoms. The number of para-hydroxylation sites is 1. The van der Waals surface area contributed by atoms with E-state index >= 15 is 0 Å². The number of rotatable bonds is 4. The molecule has 2 aromatic carbocycles. The average Bonchev–Trinajstić information content (AvgIpc) is 3.25. The molecule has 2 amide bonds. The number of ether oxygens (including phenoxy) is 1. The van der Waals surface area contributed by atoms with Crippen LogP contribution in [0.15, 0.2) is 54.6 Å². The quantitative estimate of drug-likeness (QED) is 0.820. The Bertz CT molecular complexity index is 842. The van der Waals surface area contributed by atoms with Crippen LogP contribution in [0.1, 0.15) is 31.2 Å². The van der Waals surface area contributed by atoms with Crippen molar-refractivity contribution in [2.75, 3.05) is 31.6 Å². The van der Waals surface area contributed by atoms with Gasteiger partial charge in [0.25, 0.3) is 0 Å². The molecule has 2 aromatic rings. The molecule has 0 spiro atoms. The number of benzene rings is 2. The molecule has 5 nitrogen and oxygen atoms in total. The smallest absolute Gasteiger partial charge is 0.246 e. The van der Waals surface area contributed by atoms with Crippen LogP contribution in [0.5, 0.6) is 5.75 Å². The zero-order valence-corrected chi connectivity index (χ0v) is 16.3. The maximum absolute atomic E-state index is 13.6. The topological polar surface area (TPSA) is 49.9 Å². The van der Waals surface area contributed by atoms with E-state index < -0.39 is 5.41 Å². The fraction of sp³-hybridized carbons (Fsp3) is 0.391. The summed E-state index contributed by atoms with van der Waals surface area (Å²) in [7, 11) is 1.64. The van der Waals surface area contributed by atoms with Gasteiger partial charge in [0, 0.05) is 18.8 Å². The van der Waals surface area contributed by atoms with Gasteiger partial charge in [0.1, 0.15) is 12.3 Å². The Hall–Kier alpha value is -2.82. The largest absolute Gasteiger partial charge is 0.497 e. The molecule has 1 aliphatic heterocycles. The third kappa shape index (κ3) is 3.26. The Morgan fingerprint density at radius 1 is 0.964 bits per heavy atom. The molecular weight excluding hydrogens is 352 g/mol. The van der Waals surface area contributed by atoms with Crippen molar-refractivity contribution in [2.45, 2.75) is 31.1 Å². The molecule has 0 bridgehead atoms. The lowest BCUT2D eigenvalue weighted by Crippen LogP contribution is -2.56. The first kappa shape index (κ1) is 18.5. The van der Waals surface area contributed by atoms with Gasteiger partial charge in [0.2, 0.25) is 11.8 Å². The standard InChI is InChI=1S/C23H26N2O3/c1-28-20-11-9-18(10-12-20)23(13-5-6-14-23)22(27)24-15-16-25(21(26)17-24)19-7-3-2-4-8-19/h2-4,7-12H,5-6,13-17H2,1H3. The van der Waals surface area contributed by atoms with Crippen LogP contribution >= 0.6 is 0 Å². The van der Waals surface area contributed by atoms with Crippen LogP contribution in [0.3, 0.4) is 0 Å². The molecule has 5 heteroatoms. The summed E-state index contributed by atoms with van der Waals surface area (Å²) < 4.78 is 5.26. The summed E-state index contributed by atoms with van der Waals surface area (Å²) >= 11 is 0. The van der Waals surface area contributed by atoms with E-state index in [0.717, 1.165) is 42.7 Å². The van der Waals surface area contributed by atoms with Crippen molar-refractivity contribution < 1.29 is 14.3 Å². The summed E-state index contributed by atoms with van der Waals surface area (Å²) in [5.41, 5.74) is 1.42. The molecular formula is C23H26N2O3. The lowest BCUT2D eigenvalue weighted by molar-refractivity contribution is -0.141. The lowest BCUT2D eigenvalue weighted by atomic mass is 9.77. The van der Waals surface area contributed by atoms with Crippen molar-refractivity contribution in [2.24, 2.45) is 0 Å². The van der Waals surface area contributed by atoms with Crippen LogP contribution in [0.4, 0.5) is 5.69 Å². The average molecular weight is 378 g/mol. The molecule has 1 saturated heterocycles. The summed E-state index contributed by atoms with van der Waals surface area (Å²) in [4.78, 5) is 29.9. The van der Waals surface area contributed by atoms with Crippen molar-refractivity contribution in [1.29, 1.82) is 0 Å². The molecule has 1 aliphatic carbocycles. The Balaban J connectivity index is 1.54. The minimum atomic E-state index is -0.512. The van der Waals surface area contributed by atoms with Crippen molar-refractivity contribution in [3.05, 3.63) is 60.2 Å². The van der Waals surface area contributed by atoms with Gasteiger partial charge in [0.15, 0.2) is 0 Å². The Kier molecular flexibility index (Phi) is 5.07. The van der Waals surface area contributed by atoms with Gasteiger partial charge < -0.3 is 14.5 Å². The Morgan fingerprint density at radius 3 is 2.25 bits per heavy atom. The molecule has 0 N–H and O–H groups in total. The van der Waals surface area contributed by atoms with E-state index in [4.69, 9.17) is 4.74 Å². The summed E-state index contributed by atoms with van der Waals surface area (Å²) in [5.74, 6) is 0.862. The summed E-state index contributed by atoms with van der Waals surface area (Å²) in [6, 6.07) is 17.5. The molecule has 146 valence electrons. The number of hydrogen-bond donors (Lipinski definition) is 0. The van der Waals surface area contributed by atoms with Crippen LogP contribution in [0, 0.1) is 0 Å². The van der Waals surface area contributed by atoms with Crippen LogP contribution < -0.4 is 9.64 Å².